The van der Waals surface area contributed by atoms with Crippen LogP contribution in [0.15, 0.2) is 47.8 Å². The van der Waals surface area contributed by atoms with Crippen LogP contribution in [0.4, 0.5) is 5.00 Å². The molecule has 2 fully saturated rings. The van der Waals surface area contributed by atoms with E-state index in [-0.39, 0.29) is 12.2 Å². The van der Waals surface area contributed by atoms with Gasteiger partial charge in [0, 0.05) is 10.9 Å². The van der Waals surface area contributed by atoms with Crippen molar-refractivity contribution >= 4 is 45.0 Å². The molecule has 2 N–H and O–H groups in total. The van der Waals surface area contributed by atoms with Gasteiger partial charge in [-0.2, -0.15) is 0 Å². The normalized spacial score (nSPS) is 23.5. The van der Waals surface area contributed by atoms with Gasteiger partial charge in [-0.05, 0) is 36.1 Å². The Bertz CT molecular complexity index is 1250. The molecule has 0 unspecified atom stereocenters. The van der Waals surface area contributed by atoms with E-state index >= 15 is 0 Å². The van der Waals surface area contributed by atoms with E-state index in [0.717, 1.165) is 16.3 Å². The maximum Gasteiger partial charge on any atom is 0.341 e. The molecule has 33 heavy (non-hydrogen) atoms. The van der Waals surface area contributed by atoms with Crippen LogP contribution in [-0.4, -0.2) is 41.8 Å². The third-order valence-electron chi connectivity index (χ3n) is 6.45. The van der Waals surface area contributed by atoms with Crippen molar-refractivity contribution in [2.24, 2.45) is 11.8 Å². The molecule has 4 atom stereocenters. The lowest BCUT2D eigenvalue weighted by Crippen LogP contribution is -2.41. The fraction of sp³-hybridized carbons (Fsp3) is 0.320. The van der Waals surface area contributed by atoms with E-state index in [1.165, 1.54) is 11.3 Å². The van der Waals surface area contributed by atoms with Crippen LogP contribution in [0.3, 0.4) is 0 Å². The number of carboxylic acids is 1. The van der Waals surface area contributed by atoms with E-state index in [4.69, 9.17) is 9.47 Å². The van der Waals surface area contributed by atoms with Crippen LogP contribution in [0.25, 0.3) is 21.9 Å². The fourth-order valence-electron chi connectivity index (χ4n) is 5.03. The molecule has 2 aliphatic rings. The Balaban J connectivity index is 1.53. The van der Waals surface area contributed by atoms with E-state index in [2.05, 4.69) is 5.32 Å². The smallest absolute Gasteiger partial charge is 0.341 e. The summed E-state index contributed by atoms with van der Waals surface area (Å²) in [4.78, 5) is 38.0. The highest BCUT2D eigenvalue weighted by molar-refractivity contribution is 7.15. The quantitative estimate of drug-likeness (QED) is 0.518. The average Bonchev–Trinajstić information content (AvgIpc) is 3.53. The van der Waals surface area contributed by atoms with E-state index in [1.807, 2.05) is 47.8 Å². The van der Waals surface area contributed by atoms with E-state index in [1.54, 1.807) is 6.92 Å². The van der Waals surface area contributed by atoms with Gasteiger partial charge in [-0.25, -0.2) is 4.79 Å². The van der Waals surface area contributed by atoms with E-state index in [0.29, 0.717) is 23.4 Å². The number of hydrogen-bond acceptors (Lipinski definition) is 6. The lowest BCUT2D eigenvalue weighted by molar-refractivity contribution is -0.147. The summed E-state index contributed by atoms with van der Waals surface area (Å²) in [5.74, 6) is -3.68. The summed E-state index contributed by atoms with van der Waals surface area (Å²) in [6, 6.07) is 13.7. The molecule has 170 valence electrons. The van der Waals surface area contributed by atoms with Gasteiger partial charge >= 0.3 is 11.9 Å². The van der Waals surface area contributed by atoms with Crippen molar-refractivity contribution in [1.29, 1.82) is 0 Å². The number of carbonyl (C=O) groups excluding carboxylic acids is 2. The zero-order chi connectivity index (χ0) is 23.1. The predicted molar refractivity (Wildman–Crippen MR) is 124 cm³/mol. The number of amides is 1. The number of carboxylic acid groups (broad SMARTS) is 1. The Morgan fingerprint density at radius 3 is 2.55 bits per heavy atom. The minimum Gasteiger partial charge on any atom is -0.481 e. The van der Waals surface area contributed by atoms with Crippen LogP contribution < -0.4 is 5.32 Å². The number of anilines is 1. The van der Waals surface area contributed by atoms with Crippen LogP contribution >= 0.6 is 11.3 Å². The number of esters is 1. The molecule has 0 spiro atoms. The maximum absolute atomic E-state index is 13.2. The number of rotatable bonds is 6. The lowest BCUT2D eigenvalue weighted by atomic mass is 9.78. The van der Waals surface area contributed by atoms with Crippen molar-refractivity contribution in [3.05, 3.63) is 53.4 Å². The number of carbonyl (C=O) groups is 3. The number of ether oxygens (including phenoxy) is 2. The van der Waals surface area contributed by atoms with Crippen molar-refractivity contribution in [1.82, 2.24) is 0 Å². The minimum atomic E-state index is -1.03. The lowest BCUT2D eigenvalue weighted by Gasteiger charge is -2.23. The zero-order valence-corrected chi connectivity index (χ0v) is 18.8. The molecule has 3 heterocycles. The number of aliphatic carboxylic acids is 1. The Morgan fingerprint density at radius 1 is 1.06 bits per heavy atom. The molecular weight excluding hydrogens is 442 g/mol. The monoisotopic (exact) mass is 465 g/mol. The molecule has 2 bridgehead atoms. The molecule has 0 radical (unpaired) electrons. The predicted octanol–water partition coefficient (Wildman–Crippen LogP) is 4.56. The number of nitrogens with one attached hydrogen (secondary N) is 1. The molecule has 2 saturated heterocycles. The van der Waals surface area contributed by atoms with E-state index < -0.39 is 41.9 Å². The molecule has 8 heteroatoms. The Kier molecular flexibility index (Phi) is 5.64. The van der Waals surface area contributed by atoms with Crippen LogP contribution in [-0.2, 0) is 19.1 Å². The van der Waals surface area contributed by atoms with Gasteiger partial charge in [-0.1, -0.05) is 42.5 Å². The van der Waals surface area contributed by atoms with Gasteiger partial charge in [-0.3, -0.25) is 9.59 Å². The molecule has 2 aromatic carbocycles. The van der Waals surface area contributed by atoms with Gasteiger partial charge in [0.05, 0.1) is 30.7 Å². The van der Waals surface area contributed by atoms with Crippen LogP contribution in [0.2, 0.25) is 0 Å². The molecule has 0 saturated carbocycles. The largest absolute Gasteiger partial charge is 0.481 e. The van der Waals surface area contributed by atoms with E-state index in [9.17, 15) is 19.5 Å². The van der Waals surface area contributed by atoms with Gasteiger partial charge in [0.1, 0.15) is 10.6 Å². The summed E-state index contributed by atoms with van der Waals surface area (Å²) >= 11 is 1.23. The first-order valence-electron chi connectivity index (χ1n) is 11.0. The molecule has 1 aromatic heterocycles. The van der Waals surface area contributed by atoms with Crippen molar-refractivity contribution in [3.63, 3.8) is 0 Å². The van der Waals surface area contributed by atoms with Crippen molar-refractivity contribution in [2.75, 3.05) is 11.9 Å². The third-order valence-corrected chi connectivity index (χ3v) is 7.34. The molecule has 5 rings (SSSR count). The second kappa shape index (κ2) is 8.61. The molecule has 2 aliphatic heterocycles. The summed E-state index contributed by atoms with van der Waals surface area (Å²) in [5.41, 5.74) is 1.81. The zero-order valence-electron chi connectivity index (χ0n) is 17.9. The maximum atomic E-state index is 13.2. The van der Waals surface area contributed by atoms with Crippen molar-refractivity contribution in [3.8, 4) is 11.1 Å². The topological polar surface area (TPSA) is 102 Å². The SMILES string of the molecule is CCOC(=O)c1c(-c2cccc3ccccc23)csc1NC(=O)[C@H]1[C@@H](C(=O)O)[C@H]2CC[C@@H]1O2. The first-order chi connectivity index (χ1) is 16.0. The highest BCUT2D eigenvalue weighted by Gasteiger charge is 2.55. The highest BCUT2D eigenvalue weighted by atomic mass is 32.1. The van der Waals surface area contributed by atoms with Crippen LogP contribution in [0.5, 0.6) is 0 Å². The van der Waals surface area contributed by atoms with Gasteiger partial charge in [0.25, 0.3) is 0 Å². The van der Waals surface area contributed by atoms with Crippen molar-refractivity contribution < 1.29 is 29.0 Å². The summed E-state index contributed by atoms with van der Waals surface area (Å²) in [6.45, 7) is 1.92. The van der Waals surface area contributed by atoms with Gasteiger partial charge in [-0.15, -0.1) is 11.3 Å². The molecule has 0 aliphatic carbocycles. The molecule has 7 nitrogen and oxygen atoms in total. The third kappa shape index (κ3) is 3.69. The Morgan fingerprint density at radius 2 is 1.79 bits per heavy atom. The standard InChI is InChI=1S/C25H23NO6S/c1-2-31-25(30)19-16(15-9-5-7-13-6-3-4-8-14(13)15)12-33-23(19)26-22(27)20-17-10-11-18(32-17)21(20)24(28)29/h3-9,12,17-18,20-21H,2,10-11H2,1H3,(H,26,27)(H,28,29)/t17-,18+,20+,21-/m0/s1. The number of benzene rings is 2. The summed E-state index contributed by atoms with van der Waals surface area (Å²) in [6.07, 6.45) is 0.439. The van der Waals surface area contributed by atoms with Crippen LogP contribution in [0, 0.1) is 11.8 Å². The number of thiophene rings is 1. The van der Waals surface area contributed by atoms with Crippen molar-refractivity contribution in [2.45, 2.75) is 32.0 Å². The number of fused-ring (bicyclic) bond motifs is 3. The summed E-state index contributed by atoms with van der Waals surface area (Å²) in [7, 11) is 0. The van der Waals surface area contributed by atoms with Crippen LogP contribution in [0.1, 0.15) is 30.1 Å². The summed E-state index contributed by atoms with van der Waals surface area (Å²) < 4.78 is 11.0. The number of hydrogen-bond donors (Lipinski definition) is 2. The first kappa shape index (κ1) is 21.6. The van der Waals surface area contributed by atoms with Gasteiger partial charge < -0.3 is 19.9 Å². The molecular formula is C25H23NO6S. The summed E-state index contributed by atoms with van der Waals surface area (Å²) in [5, 5.41) is 16.7. The Hall–Kier alpha value is -3.23. The fourth-order valence-corrected chi connectivity index (χ4v) is 5.99. The van der Waals surface area contributed by atoms with Gasteiger partial charge in [0.2, 0.25) is 5.91 Å². The average molecular weight is 466 g/mol. The second-order valence-corrected chi connectivity index (χ2v) is 9.15. The second-order valence-electron chi connectivity index (χ2n) is 8.27. The minimum absolute atomic E-state index is 0.193. The molecule has 1 amide bonds. The molecule has 3 aromatic rings. The highest BCUT2D eigenvalue weighted by Crippen LogP contribution is 2.45. The van der Waals surface area contributed by atoms with Gasteiger partial charge in [0.15, 0.2) is 0 Å². The Labute approximate surface area is 194 Å². The first-order valence-corrected chi connectivity index (χ1v) is 11.8.